The lowest BCUT2D eigenvalue weighted by Crippen LogP contribution is -1.99. The molecule has 0 spiro atoms. The maximum absolute atomic E-state index is 10.6. The van der Waals surface area contributed by atoms with E-state index in [-0.39, 0.29) is 6.42 Å². The molecule has 0 aliphatic rings. The van der Waals surface area contributed by atoms with Crippen LogP contribution in [0.2, 0.25) is 5.02 Å². The van der Waals surface area contributed by atoms with E-state index in [4.69, 9.17) is 16.7 Å². The van der Waals surface area contributed by atoms with Gasteiger partial charge in [-0.1, -0.05) is 35.5 Å². The van der Waals surface area contributed by atoms with Gasteiger partial charge in [0.05, 0.1) is 11.4 Å². The summed E-state index contributed by atoms with van der Waals surface area (Å²) in [5.74, 6) is -0.835. The SMILES string of the molecule is O=C(O)Cc1ccc(Sc2ncc(Br)cc2Cl)cc1. The van der Waals surface area contributed by atoms with Gasteiger partial charge in [-0.25, -0.2) is 4.98 Å². The Kier molecular flexibility index (Phi) is 4.85. The van der Waals surface area contributed by atoms with Gasteiger partial charge in [-0.05, 0) is 39.7 Å². The monoisotopic (exact) mass is 357 g/mol. The first-order valence-corrected chi connectivity index (χ1v) is 7.33. The van der Waals surface area contributed by atoms with Crippen LogP contribution in [0.15, 0.2) is 50.9 Å². The van der Waals surface area contributed by atoms with Gasteiger partial charge in [0.2, 0.25) is 0 Å². The summed E-state index contributed by atoms with van der Waals surface area (Å²) >= 11 is 10.8. The van der Waals surface area contributed by atoms with Gasteiger partial charge in [-0.3, -0.25) is 4.79 Å². The first-order chi connectivity index (χ1) is 9.04. The van der Waals surface area contributed by atoms with Crippen molar-refractivity contribution in [1.29, 1.82) is 0 Å². The van der Waals surface area contributed by atoms with Crippen LogP contribution in [-0.2, 0) is 11.2 Å². The van der Waals surface area contributed by atoms with Gasteiger partial charge in [-0.2, -0.15) is 0 Å². The van der Waals surface area contributed by atoms with Crippen LogP contribution in [0.5, 0.6) is 0 Å². The highest BCUT2D eigenvalue weighted by molar-refractivity contribution is 9.10. The standard InChI is InChI=1S/C13H9BrClNO2S/c14-9-6-11(15)13(16-7-9)19-10-3-1-8(2-4-10)5-12(17)18/h1-4,6-7H,5H2,(H,17,18). The highest BCUT2D eigenvalue weighted by Crippen LogP contribution is 2.32. The number of hydrogen-bond acceptors (Lipinski definition) is 3. The number of carboxylic acid groups (broad SMARTS) is 1. The van der Waals surface area contributed by atoms with Gasteiger partial charge in [0.1, 0.15) is 5.03 Å². The fourth-order valence-corrected chi connectivity index (χ4v) is 2.94. The molecule has 0 aliphatic carbocycles. The van der Waals surface area contributed by atoms with Gasteiger partial charge in [0.15, 0.2) is 0 Å². The molecule has 19 heavy (non-hydrogen) atoms. The Morgan fingerprint density at radius 2 is 2.05 bits per heavy atom. The van der Waals surface area contributed by atoms with Crippen LogP contribution in [-0.4, -0.2) is 16.1 Å². The Labute approximate surface area is 128 Å². The minimum atomic E-state index is -0.835. The minimum Gasteiger partial charge on any atom is -0.481 e. The number of pyridine rings is 1. The molecule has 0 amide bonds. The lowest BCUT2D eigenvalue weighted by Gasteiger charge is -2.04. The highest BCUT2D eigenvalue weighted by Gasteiger charge is 2.06. The van der Waals surface area contributed by atoms with Crippen molar-refractivity contribution >= 4 is 45.3 Å². The van der Waals surface area contributed by atoms with E-state index in [9.17, 15) is 4.79 Å². The van der Waals surface area contributed by atoms with Crippen molar-refractivity contribution < 1.29 is 9.90 Å². The van der Waals surface area contributed by atoms with Crippen LogP contribution >= 0.6 is 39.3 Å². The van der Waals surface area contributed by atoms with Crippen molar-refractivity contribution in [3.63, 3.8) is 0 Å². The molecule has 0 saturated heterocycles. The molecule has 3 nitrogen and oxygen atoms in total. The lowest BCUT2D eigenvalue weighted by molar-refractivity contribution is -0.136. The molecule has 0 aliphatic heterocycles. The topological polar surface area (TPSA) is 50.2 Å². The third-order valence-corrected chi connectivity index (χ3v) is 4.13. The van der Waals surface area contributed by atoms with Crippen LogP contribution in [0, 0.1) is 0 Å². The van der Waals surface area contributed by atoms with Gasteiger partial charge in [0.25, 0.3) is 0 Å². The summed E-state index contributed by atoms with van der Waals surface area (Å²) in [6.07, 6.45) is 1.72. The van der Waals surface area contributed by atoms with Gasteiger partial charge in [-0.15, -0.1) is 0 Å². The molecule has 98 valence electrons. The average Bonchev–Trinajstić information content (AvgIpc) is 2.34. The van der Waals surface area contributed by atoms with E-state index in [1.165, 1.54) is 11.8 Å². The van der Waals surface area contributed by atoms with Gasteiger partial charge in [0, 0.05) is 15.6 Å². The molecule has 2 aromatic rings. The molecular weight excluding hydrogens is 350 g/mol. The summed E-state index contributed by atoms with van der Waals surface area (Å²) in [6, 6.07) is 9.11. The molecule has 0 atom stereocenters. The van der Waals surface area contributed by atoms with Crippen LogP contribution < -0.4 is 0 Å². The number of benzene rings is 1. The van der Waals surface area contributed by atoms with E-state index < -0.39 is 5.97 Å². The highest BCUT2D eigenvalue weighted by atomic mass is 79.9. The zero-order chi connectivity index (χ0) is 13.8. The summed E-state index contributed by atoms with van der Waals surface area (Å²) in [6.45, 7) is 0. The predicted octanol–water partition coefficient (Wildman–Crippen LogP) is 4.28. The van der Waals surface area contributed by atoms with E-state index >= 15 is 0 Å². The quantitative estimate of drug-likeness (QED) is 0.886. The van der Waals surface area contributed by atoms with Crippen LogP contribution in [0.4, 0.5) is 0 Å². The predicted molar refractivity (Wildman–Crippen MR) is 78.9 cm³/mol. The first kappa shape index (κ1) is 14.4. The fraction of sp³-hybridized carbons (Fsp3) is 0.0769. The fourth-order valence-electron chi connectivity index (χ4n) is 1.44. The Morgan fingerprint density at radius 1 is 1.37 bits per heavy atom. The summed E-state index contributed by atoms with van der Waals surface area (Å²) in [7, 11) is 0. The van der Waals surface area contributed by atoms with E-state index in [2.05, 4.69) is 20.9 Å². The summed E-state index contributed by atoms with van der Waals surface area (Å²) in [5.41, 5.74) is 0.770. The molecule has 0 radical (unpaired) electrons. The Bertz CT molecular complexity index is 604. The molecule has 0 fully saturated rings. The average molecular weight is 359 g/mol. The van der Waals surface area contributed by atoms with E-state index in [1.54, 1.807) is 24.4 Å². The number of rotatable bonds is 4. The third-order valence-electron chi connectivity index (χ3n) is 2.27. The largest absolute Gasteiger partial charge is 0.481 e. The molecule has 1 N–H and O–H groups in total. The molecule has 0 saturated carbocycles. The summed E-state index contributed by atoms with van der Waals surface area (Å²) < 4.78 is 0.832. The van der Waals surface area contributed by atoms with E-state index in [0.29, 0.717) is 5.02 Å². The summed E-state index contributed by atoms with van der Waals surface area (Å²) in [4.78, 5) is 15.8. The van der Waals surface area contributed by atoms with Crippen LogP contribution in [0.3, 0.4) is 0 Å². The molecule has 1 aromatic heterocycles. The van der Waals surface area contributed by atoms with Crippen molar-refractivity contribution in [3.05, 3.63) is 51.6 Å². The van der Waals surface area contributed by atoms with Crippen molar-refractivity contribution in [2.24, 2.45) is 0 Å². The Hall–Kier alpha value is -1.04. The maximum Gasteiger partial charge on any atom is 0.307 e. The number of carboxylic acids is 1. The molecule has 0 bridgehead atoms. The van der Waals surface area contributed by atoms with E-state index in [0.717, 1.165) is 20.0 Å². The van der Waals surface area contributed by atoms with Crippen molar-refractivity contribution in [3.8, 4) is 0 Å². The van der Waals surface area contributed by atoms with Gasteiger partial charge >= 0.3 is 5.97 Å². The summed E-state index contributed by atoms with van der Waals surface area (Å²) in [5, 5.41) is 9.99. The second-order valence-corrected chi connectivity index (χ2v) is 6.14. The third kappa shape index (κ3) is 4.23. The van der Waals surface area contributed by atoms with Gasteiger partial charge < -0.3 is 5.11 Å². The van der Waals surface area contributed by atoms with E-state index in [1.807, 2.05) is 12.1 Å². The second kappa shape index (κ2) is 6.41. The zero-order valence-corrected chi connectivity index (χ0v) is 12.8. The van der Waals surface area contributed by atoms with Crippen LogP contribution in [0.1, 0.15) is 5.56 Å². The van der Waals surface area contributed by atoms with Crippen LogP contribution in [0.25, 0.3) is 0 Å². The minimum absolute atomic E-state index is 0.0300. The van der Waals surface area contributed by atoms with Crippen molar-refractivity contribution in [1.82, 2.24) is 4.98 Å². The molecule has 1 heterocycles. The van der Waals surface area contributed by atoms with Crippen molar-refractivity contribution in [2.75, 3.05) is 0 Å². The Balaban J connectivity index is 2.13. The normalized spacial score (nSPS) is 10.4. The molecular formula is C13H9BrClNO2S. The number of aliphatic carboxylic acids is 1. The number of aromatic nitrogens is 1. The molecule has 1 aromatic carbocycles. The maximum atomic E-state index is 10.6. The number of nitrogens with zero attached hydrogens (tertiary/aromatic N) is 1. The second-order valence-electron chi connectivity index (χ2n) is 3.76. The lowest BCUT2D eigenvalue weighted by atomic mass is 10.2. The molecule has 2 rings (SSSR count). The number of halogens is 2. The first-order valence-electron chi connectivity index (χ1n) is 5.34. The Morgan fingerprint density at radius 3 is 2.63 bits per heavy atom. The number of hydrogen-bond donors (Lipinski definition) is 1. The smallest absolute Gasteiger partial charge is 0.307 e. The zero-order valence-electron chi connectivity index (χ0n) is 9.64. The van der Waals surface area contributed by atoms with Crippen molar-refractivity contribution in [2.45, 2.75) is 16.3 Å². The molecule has 6 heteroatoms. The molecule has 0 unspecified atom stereocenters. The number of carbonyl (C=O) groups is 1.